The molecule has 1 aromatic carbocycles. The van der Waals surface area contributed by atoms with E-state index in [0.717, 1.165) is 42.8 Å². The van der Waals surface area contributed by atoms with Gasteiger partial charge in [0.15, 0.2) is 12.4 Å². The van der Waals surface area contributed by atoms with Crippen LogP contribution in [0.5, 0.6) is 5.75 Å². The maximum atomic E-state index is 12.9. The molecule has 0 fully saturated rings. The van der Waals surface area contributed by atoms with Crippen molar-refractivity contribution in [1.29, 1.82) is 0 Å². The lowest BCUT2D eigenvalue weighted by Gasteiger charge is -2.33. The molecule has 0 radical (unpaired) electrons. The fraction of sp³-hybridized carbons (Fsp3) is 0.458. The molecule has 1 N–H and O–H groups in total. The maximum absolute atomic E-state index is 12.9. The van der Waals surface area contributed by atoms with Crippen molar-refractivity contribution in [2.24, 2.45) is 11.3 Å². The first kappa shape index (κ1) is 21.2. The summed E-state index contributed by atoms with van der Waals surface area (Å²) in [6.45, 7) is 9.10. The molecular formula is C24H30N4O3. The number of rotatable bonds is 6. The minimum Gasteiger partial charge on any atom is -0.471 e. The second-order valence-corrected chi connectivity index (χ2v) is 9.23. The van der Waals surface area contributed by atoms with Gasteiger partial charge in [-0.15, -0.1) is 0 Å². The molecular weight excluding hydrogens is 392 g/mol. The predicted molar refractivity (Wildman–Crippen MR) is 118 cm³/mol. The predicted octanol–water partition coefficient (Wildman–Crippen LogP) is 4.87. The van der Waals surface area contributed by atoms with Crippen LogP contribution < -0.4 is 10.1 Å². The lowest BCUT2D eigenvalue weighted by molar-refractivity contribution is 0.101. The van der Waals surface area contributed by atoms with Crippen molar-refractivity contribution in [3.8, 4) is 5.75 Å². The number of carbonyl (C=O) groups excluding carboxylic acids is 1. The molecule has 2 aromatic heterocycles. The normalized spacial score (nSPS) is 16.1. The highest BCUT2D eigenvalue weighted by atomic mass is 16.5. The Hall–Kier alpha value is -3.09. The molecule has 2 heterocycles. The third-order valence-electron chi connectivity index (χ3n) is 6.07. The Morgan fingerprint density at radius 2 is 2.06 bits per heavy atom. The van der Waals surface area contributed by atoms with Gasteiger partial charge in [0.2, 0.25) is 0 Å². The molecule has 0 bridgehead atoms. The number of aryl methyl sites for hydroxylation is 2. The Bertz CT molecular complexity index is 1040. The second kappa shape index (κ2) is 8.57. The molecule has 7 nitrogen and oxygen atoms in total. The van der Waals surface area contributed by atoms with Gasteiger partial charge in [-0.1, -0.05) is 45.0 Å². The number of hydrogen-bond donors (Lipinski definition) is 1. The third-order valence-corrected chi connectivity index (χ3v) is 6.07. The van der Waals surface area contributed by atoms with E-state index < -0.39 is 0 Å². The second-order valence-electron chi connectivity index (χ2n) is 9.23. The summed E-state index contributed by atoms with van der Waals surface area (Å²) in [4.78, 5) is 12.9. The highest BCUT2D eigenvalue weighted by Gasteiger charge is 2.34. The molecule has 0 saturated carbocycles. The van der Waals surface area contributed by atoms with E-state index in [1.165, 1.54) is 5.56 Å². The molecule has 1 amide bonds. The van der Waals surface area contributed by atoms with Crippen molar-refractivity contribution in [3.05, 3.63) is 59.2 Å². The lowest BCUT2D eigenvalue weighted by Crippen LogP contribution is -2.27. The number of nitrogens with one attached hydrogen (secondary N) is 1. The van der Waals surface area contributed by atoms with E-state index in [0.29, 0.717) is 17.3 Å². The number of benzene rings is 1. The first-order chi connectivity index (χ1) is 14.8. The zero-order valence-corrected chi connectivity index (χ0v) is 18.6. The van der Waals surface area contributed by atoms with Gasteiger partial charge in [0, 0.05) is 12.0 Å². The van der Waals surface area contributed by atoms with Crippen LogP contribution in [0.1, 0.15) is 61.5 Å². The molecule has 3 aromatic rings. The largest absolute Gasteiger partial charge is 0.471 e. The van der Waals surface area contributed by atoms with Gasteiger partial charge in [0.1, 0.15) is 11.5 Å². The van der Waals surface area contributed by atoms with Gasteiger partial charge in [-0.3, -0.25) is 4.79 Å². The smallest absolute Gasteiger partial charge is 0.278 e. The van der Waals surface area contributed by atoms with Gasteiger partial charge in [-0.2, -0.15) is 5.10 Å². The number of nitrogens with zero attached hydrogens (tertiary/aromatic N) is 3. The molecule has 1 aliphatic carbocycles. The van der Waals surface area contributed by atoms with Crippen molar-refractivity contribution >= 4 is 11.6 Å². The summed E-state index contributed by atoms with van der Waals surface area (Å²) in [7, 11) is 0. The van der Waals surface area contributed by atoms with Crippen LogP contribution in [-0.4, -0.2) is 20.8 Å². The Morgan fingerprint density at radius 3 is 2.77 bits per heavy atom. The van der Waals surface area contributed by atoms with E-state index in [-0.39, 0.29) is 18.1 Å². The Balaban J connectivity index is 1.38. The number of anilines is 1. The average molecular weight is 423 g/mol. The Kier molecular flexibility index (Phi) is 5.85. The SMILES string of the molecule is CCc1ccc(OCn2cc(NC(=O)c3noc4c3CC(C(C)(C)C)CC4)cn2)cc1. The summed E-state index contributed by atoms with van der Waals surface area (Å²) in [5, 5.41) is 11.2. The standard InChI is InChI=1S/C24H30N4O3/c1-5-16-6-9-19(10-7-16)30-15-28-14-18(13-25-28)26-23(29)22-20-12-17(24(2,3)4)8-11-21(20)31-27-22/h6-7,9-10,13-14,17H,5,8,11-12,15H2,1-4H3,(H,26,29). The topological polar surface area (TPSA) is 82.2 Å². The molecule has 1 aliphatic rings. The van der Waals surface area contributed by atoms with Crippen LogP contribution in [-0.2, 0) is 26.0 Å². The van der Waals surface area contributed by atoms with E-state index in [2.05, 4.69) is 43.3 Å². The number of carbonyl (C=O) groups is 1. The maximum Gasteiger partial charge on any atom is 0.278 e. The minimum absolute atomic E-state index is 0.181. The number of fused-ring (bicyclic) bond motifs is 1. The Labute approximate surface area is 182 Å². The zero-order valence-electron chi connectivity index (χ0n) is 18.6. The average Bonchev–Trinajstić information content (AvgIpc) is 3.38. The van der Waals surface area contributed by atoms with Crippen LogP contribution in [0.3, 0.4) is 0 Å². The van der Waals surface area contributed by atoms with Crippen molar-refractivity contribution in [2.45, 2.75) is 60.1 Å². The van der Waals surface area contributed by atoms with Gasteiger partial charge in [-0.05, 0) is 48.3 Å². The van der Waals surface area contributed by atoms with Crippen LogP contribution in [0.2, 0.25) is 0 Å². The fourth-order valence-electron chi connectivity index (χ4n) is 3.97. The van der Waals surface area contributed by atoms with Gasteiger partial charge in [0.05, 0.1) is 18.1 Å². The summed E-state index contributed by atoms with van der Waals surface area (Å²) < 4.78 is 12.9. The van der Waals surface area contributed by atoms with Gasteiger partial charge in [0.25, 0.3) is 5.91 Å². The van der Waals surface area contributed by atoms with Crippen molar-refractivity contribution in [2.75, 3.05) is 5.32 Å². The van der Waals surface area contributed by atoms with Crippen LogP contribution in [0, 0.1) is 11.3 Å². The molecule has 1 unspecified atom stereocenters. The van der Waals surface area contributed by atoms with E-state index >= 15 is 0 Å². The van der Waals surface area contributed by atoms with E-state index in [4.69, 9.17) is 9.26 Å². The lowest BCUT2D eigenvalue weighted by atomic mass is 9.71. The number of hydrogen-bond acceptors (Lipinski definition) is 5. The highest BCUT2D eigenvalue weighted by molar-refractivity contribution is 6.03. The highest BCUT2D eigenvalue weighted by Crippen LogP contribution is 2.38. The first-order valence-electron chi connectivity index (χ1n) is 10.9. The van der Waals surface area contributed by atoms with Crippen molar-refractivity contribution in [3.63, 3.8) is 0 Å². The number of amides is 1. The summed E-state index contributed by atoms with van der Waals surface area (Å²) in [6.07, 6.45) is 7.03. The van der Waals surface area contributed by atoms with Crippen molar-refractivity contribution < 1.29 is 14.1 Å². The molecule has 1 atom stereocenters. The van der Waals surface area contributed by atoms with Gasteiger partial charge in [-0.25, -0.2) is 4.68 Å². The monoisotopic (exact) mass is 422 g/mol. The summed E-state index contributed by atoms with van der Waals surface area (Å²) >= 11 is 0. The molecule has 164 valence electrons. The molecule has 0 spiro atoms. The van der Waals surface area contributed by atoms with E-state index in [9.17, 15) is 4.79 Å². The van der Waals surface area contributed by atoms with E-state index in [1.807, 2.05) is 24.3 Å². The van der Waals surface area contributed by atoms with Gasteiger partial charge < -0.3 is 14.6 Å². The minimum atomic E-state index is -0.268. The van der Waals surface area contributed by atoms with Crippen LogP contribution in [0.25, 0.3) is 0 Å². The zero-order chi connectivity index (χ0) is 22.0. The molecule has 0 aliphatic heterocycles. The summed E-state index contributed by atoms with van der Waals surface area (Å²) in [5.41, 5.74) is 3.36. The van der Waals surface area contributed by atoms with E-state index in [1.54, 1.807) is 17.1 Å². The number of aromatic nitrogens is 3. The van der Waals surface area contributed by atoms with Crippen LogP contribution in [0.15, 0.2) is 41.2 Å². The third kappa shape index (κ3) is 4.81. The molecule has 4 rings (SSSR count). The van der Waals surface area contributed by atoms with Crippen LogP contribution in [0.4, 0.5) is 5.69 Å². The van der Waals surface area contributed by atoms with Gasteiger partial charge >= 0.3 is 0 Å². The Morgan fingerprint density at radius 1 is 1.29 bits per heavy atom. The molecule has 0 saturated heterocycles. The first-order valence-corrected chi connectivity index (χ1v) is 10.9. The summed E-state index contributed by atoms with van der Waals surface area (Å²) in [6, 6.07) is 7.99. The molecule has 7 heteroatoms. The quantitative estimate of drug-likeness (QED) is 0.613. The summed E-state index contributed by atoms with van der Waals surface area (Å²) in [5.74, 6) is 1.84. The van der Waals surface area contributed by atoms with Crippen LogP contribution >= 0.6 is 0 Å². The number of ether oxygens (including phenoxy) is 1. The molecule has 31 heavy (non-hydrogen) atoms. The fourth-order valence-corrected chi connectivity index (χ4v) is 3.97. The van der Waals surface area contributed by atoms with Crippen molar-refractivity contribution in [1.82, 2.24) is 14.9 Å².